The zero-order valence-corrected chi connectivity index (χ0v) is 12.8. The summed E-state index contributed by atoms with van der Waals surface area (Å²) in [5.74, 6) is 1.16. The van der Waals surface area contributed by atoms with Crippen molar-refractivity contribution in [2.75, 3.05) is 5.75 Å². The van der Waals surface area contributed by atoms with Crippen molar-refractivity contribution in [3.63, 3.8) is 0 Å². The smallest absolute Gasteiger partial charge is 0.00718 e. The van der Waals surface area contributed by atoms with Gasteiger partial charge in [0.05, 0.1) is 0 Å². The molecule has 1 aromatic heterocycles. The first-order valence-electron chi connectivity index (χ1n) is 5.99. The van der Waals surface area contributed by atoms with E-state index in [9.17, 15) is 0 Å². The summed E-state index contributed by atoms with van der Waals surface area (Å²) in [6.45, 7) is 8.26. The third kappa shape index (κ3) is 9.02. The lowest BCUT2D eigenvalue weighted by molar-refractivity contribution is 1.43. The molecule has 2 rings (SSSR count). The van der Waals surface area contributed by atoms with Crippen LogP contribution < -0.4 is 0 Å². The van der Waals surface area contributed by atoms with Gasteiger partial charge in [0.1, 0.15) is 0 Å². The summed E-state index contributed by atoms with van der Waals surface area (Å²) in [5, 5.41) is 4.20. The molecule has 0 unspecified atom stereocenters. The van der Waals surface area contributed by atoms with E-state index >= 15 is 0 Å². The average Bonchev–Trinajstić information content (AvgIpc) is 2.85. The van der Waals surface area contributed by atoms with E-state index in [1.54, 1.807) is 11.3 Å². The van der Waals surface area contributed by atoms with Crippen LogP contribution >= 0.6 is 23.1 Å². The Morgan fingerprint density at radius 3 is 2.06 bits per heavy atom. The highest BCUT2D eigenvalue weighted by Gasteiger charge is 1.84. The van der Waals surface area contributed by atoms with Crippen molar-refractivity contribution >= 4 is 23.1 Å². The summed E-state index contributed by atoms with van der Waals surface area (Å²) < 4.78 is 0. The minimum absolute atomic E-state index is 1.16. The molecule has 17 heavy (non-hydrogen) atoms. The number of thiophene rings is 1. The highest BCUT2D eigenvalue weighted by molar-refractivity contribution is 7.99. The fraction of sp³-hybridized carbons (Fsp3) is 0.333. The van der Waals surface area contributed by atoms with Gasteiger partial charge in [-0.15, -0.1) is 11.8 Å². The van der Waals surface area contributed by atoms with E-state index in [2.05, 4.69) is 54.9 Å². The number of hydrogen-bond acceptors (Lipinski definition) is 2. The van der Waals surface area contributed by atoms with Gasteiger partial charge in [0.25, 0.3) is 0 Å². The van der Waals surface area contributed by atoms with Crippen molar-refractivity contribution in [2.24, 2.45) is 0 Å². The van der Waals surface area contributed by atoms with E-state index in [0.717, 1.165) is 5.75 Å². The zero-order valence-electron chi connectivity index (χ0n) is 11.1. The van der Waals surface area contributed by atoms with Crippen molar-refractivity contribution < 1.29 is 0 Å². The second-order valence-corrected chi connectivity index (χ2v) is 5.16. The van der Waals surface area contributed by atoms with Gasteiger partial charge in [-0.25, -0.2) is 0 Å². The maximum absolute atomic E-state index is 2.16. The third-order valence-electron chi connectivity index (χ3n) is 1.72. The van der Waals surface area contributed by atoms with Crippen LogP contribution in [0.3, 0.4) is 0 Å². The first-order chi connectivity index (χ1) is 8.33. The van der Waals surface area contributed by atoms with Crippen LogP contribution in [0.15, 0.2) is 52.1 Å². The van der Waals surface area contributed by atoms with E-state index < -0.39 is 0 Å². The molecule has 1 aromatic carbocycles. The van der Waals surface area contributed by atoms with Gasteiger partial charge >= 0.3 is 0 Å². The molecule has 0 nitrogen and oxygen atoms in total. The molecule has 0 aliphatic carbocycles. The van der Waals surface area contributed by atoms with Gasteiger partial charge in [0.15, 0.2) is 0 Å². The summed E-state index contributed by atoms with van der Waals surface area (Å²) in [5.41, 5.74) is 1.36. The SMILES string of the molecule is CC.CCSc1ccccc1.Cc1ccsc1. The van der Waals surface area contributed by atoms with Crippen LogP contribution in [-0.4, -0.2) is 5.75 Å². The monoisotopic (exact) mass is 266 g/mol. The second kappa shape index (κ2) is 11.7. The molecule has 0 fully saturated rings. The van der Waals surface area contributed by atoms with Crippen molar-refractivity contribution in [2.45, 2.75) is 32.6 Å². The van der Waals surface area contributed by atoms with Crippen molar-refractivity contribution in [1.82, 2.24) is 0 Å². The molecular formula is C15H22S2. The van der Waals surface area contributed by atoms with E-state index in [4.69, 9.17) is 0 Å². The predicted octanol–water partition coefficient (Wildman–Crippen LogP) is 5.88. The Labute approximate surface area is 114 Å². The molecule has 0 radical (unpaired) electrons. The minimum Gasteiger partial charge on any atom is -0.152 e. The van der Waals surface area contributed by atoms with Gasteiger partial charge < -0.3 is 0 Å². The summed E-state index contributed by atoms with van der Waals surface area (Å²) in [4.78, 5) is 1.36. The molecule has 0 amide bonds. The van der Waals surface area contributed by atoms with Gasteiger partial charge in [0.2, 0.25) is 0 Å². The topological polar surface area (TPSA) is 0 Å². The van der Waals surface area contributed by atoms with Gasteiger partial charge in [-0.2, -0.15) is 11.3 Å². The van der Waals surface area contributed by atoms with Crippen LogP contribution in [0.5, 0.6) is 0 Å². The summed E-state index contributed by atoms with van der Waals surface area (Å²) in [6.07, 6.45) is 0. The van der Waals surface area contributed by atoms with E-state index in [1.807, 2.05) is 31.7 Å². The van der Waals surface area contributed by atoms with Crippen molar-refractivity contribution in [1.29, 1.82) is 0 Å². The zero-order chi connectivity index (χ0) is 12.9. The number of rotatable bonds is 2. The quantitative estimate of drug-likeness (QED) is 0.611. The Balaban J connectivity index is 0.000000278. The lowest BCUT2D eigenvalue weighted by atomic mass is 10.4. The molecule has 0 saturated carbocycles. The van der Waals surface area contributed by atoms with Gasteiger partial charge in [0, 0.05) is 4.90 Å². The molecule has 94 valence electrons. The molecule has 2 heteroatoms. The Kier molecular flexibility index (Phi) is 11.2. The molecule has 1 heterocycles. The maximum Gasteiger partial charge on any atom is 0.00718 e. The largest absolute Gasteiger partial charge is 0.152 e. The Bertz CT molecular complexity index is 338. The molecule has 0 bridgehead atoms. The van der Waals surface area contributed by atoms with Gasteiger partial charge in [-0.05, 0) is 47.2 Å². The Morgan fingerprint density at radius 1 is 1.06 bits per heavy atom. The van der Waals surface area contributed by atoms with E-state index in [-0.39, 0.29) is 0 Å². The fourth-order valence-corrected chi connectivity index (χ4v) is 2.36. The highest BCUT2D eigenvalue weighted by atomic mass is 32.2. The van der Waals surface area contributed by atoms with E-state index in [0.29, 0.717) is 0 Å². The summed E-state index contributed by atoms with van der Waals surface area (Å²) in [6, 6.07) is 12.5. The molecule has 0 spiro atoms. The van der Waals surface area contributed by atoms with Gasteiger partial charge in [-0.3, -0.25) is 0 Å². The molecular weight excluding hydrogens is 244 g/mol. The van der Waals surface area contributed by atoms with E-state index in [1.165, 1.54) is 10.5 Å². The molecule has 0 N–H and O–H groups in total. The molecule has 0 saturated heterocycles. The Morgan fingerprint density at radius 2 is 1.71 bits per heavy atom. The fourth-order valence-electron chi connectivity index (χ4n) is 1.02. The average molecular weight is 266 g/mol. The number of hydrogen-bond donors (Lipinski definition) is 0. The van der Waals surface area contributed by atoms with Crippen LogP contribution in [0.25, 0.3) is 0 Å². The molecule has 0 aliphatic rings. The van der Waals surface area contributed by atoms with Crippen LogP contribution in [0, 0.1) is 6.92 Å². The van der Waals surface area contributed by atoms with Crippen LogP contribution in [0.4, 0.5) is 0 Å². The molecule has 0 aliphatic heterocycles. The number of aryl methyl sites for hydroxylation is 1. The minimum atomic E-state index is 1.16. The van der Waals surface area contributed by atoms with Crippen LogP contribution in [-0.2, 0) is 0 Å². The first-order valence-corrected chi connectivity index (χ1v) is 7.92. The highest BCUT2D eigenvalue weighted by Crippen LogP contribution is 2.15. The normalized spacial score (nSPS) is 8.47. The predicted molar refractivity (Wildman–Crippen MR) is 83.2 cm³/mol. The van der Waals surface area contributed by atoms with Crippen molar-refractivity contribution in [3.8, 4) is 0 Å². The lowest BCUT2D eigenvalue weighted by Crippen LogP contribution is -1.68. The second-order valence-electron chi connectivity index (χ2n) is 3.05. The number of benzene rings is 1. The molecule has 0 atom stereocenters. The third-order valence-corrected chi connectivity index (χ3v) is 3.41. The first kappa shape index (κ1) is 16.3. The summed E-state index contributed by atoms with van der Waals surface area (Å²) >= 11 is 3.61. The van der Waals surface area contributed by atoms with Crippen LogP contribution in [0.2, 0.25) is 0 Å². The number of thioether (sulfide) groups is 1. The lowest BCUT2D eigenvalue weighted by Gasteiger charge is -1.93. The maximum atomic E-state index is 2.16. The van der Waals surface area contributed by atoms with Gasteiger partial charge in [-0.1, -0.05) is 39.0 Å². The van der Waals surface area contributed by atoms with Crippen LogP contribution in [0.1, 0.15) is 26.3 Å². The Hall–Kier alpha value is -0.730. The molecule has 2 aromatic rings. The summed E-state index contributed by atoms with van der Waals surface area (Å²) in [7, 11) is 0. The standard InChI is InChI=1S/C8H10S.C5H6S.C2H6/c1-2-9-8-6-4-3-5-7-8;1-5-2-3-6-4-5;1-2/h3-7H,2H2,1H3;2-4H,1H3;1-2H3. The van der Waals surface area contributed by atoms with Crippen molar-refractivity contribution in [3.05, 3.63) is 52.7 Å².